The molecule has 0 bridgehead atoms. The van der Waals surface area contributed by atoms with Crippen molar-refractivity contribution in [2.45, 2.75) is 5.54 Å². The van der Waals surface area contributed by atoms with Gasteiger partial charge in [-0.15, -0.1) is 0 Å². The zero-order chi connectivity index (χ0) is 12.0. The van der Waals surface area contributed by atoms with Crippen molar-refractivity contribution in [3.05, 3.63) is 29.8 Å². The Labute approximate surface area is 93.6 Å². The highest BCUT2D eigenvalue weighted by molar-refractivity contribution is 5.51. The van der Waals surface area contributed by atoms with E-state index in [-0.39, 0.29) is 0 Å². The van der Waals surface area contributed by atoms with Gasteiger partial charge in [0.1, 0.15) is 5.54 Å². The van der Waals surface area contributed by atoms with Crippen LogP contribution in [0.3, 0.4) is 0 Å². The lowest BCUT2D eigenvalue weighted by Crippen LogP contribution is -2.49. The number of anilines is 1. The lowest BCUT2D eigenvalue weighted by atomic mass is 10.0. The van der Waals surface area contributed by atoms with Gasteiger partial charge in [0.15, 0.2) is 0 Å². The van der Waals surface area contributed by atoms with Gasteiger partial charge in [0.05, 0.1) is 31.5 Å². The van der Waals surface area contributed by atoms with Gasteiger partial charge < -0.3 is 20.6 Å². The Kier molecular flexibility index (Phi) is 4.26. The summed E-state index contributed by atoms with van der Waals surface area (Å²) in [4.78, 5) is 0. The first-order chi connectivity index (χ1) is 7.69. The summed E-state index contributed by atoms with van der Waals surface area (Å²) in [6, 6.07) is 8.57. The van der Waals surface area contributed by atoms with Crippen LogP contribution >= 0.6 is 0 Å². The number of aliphatic hydroxyl groups excluding tert-OH is 3. The summed E-state index contributed by atoms with van der Waals surface area (Å²) < 4.78 is 0. The van der Waals surface area contributed by atoms with Gasteiger partial charge >= 0.3 is 0 Å². The Hall–Kier alpha value is -1.61. The fraction of sp³-hybridized carbons (Fsp3) is 0.364. The minimum atomic E-state index is -1.17. The van der Waals surface area contributed by atoms with Crippen LogP contribution in [0.1, 0.15) is 5.56 Å². The number of aliphatic hydroxyl groups is 3. The summed E-state index contributed by atoms with van der Waals surface area (Å²) in [5.41, 5.74) is -0.141. The van der Waals surface area contributed by atoms with Crippen molar-refractivity contribution in [3.8, 4) is 6.07 Å². The molecule has 1 rings (SSSR count). The van der Waals surface area contributed by atoms with Gasteiger partial charge in [-0.25, -0.2) is 0 Å². The maximum absolute atomic E-state index is 9.12. The van der Waals surface area contributed by atoms with Gasteiger partial charge in [-0.3, -0.25) is 0 Å². The smallest absolute Gasteiger partial charge is 0.107 e. The number of hydrogen-bond acceptors (Lipinski definition) is 5. The molecule has 16 heavy (non-hydrogen) atoms. The number of benzene rings is 1. The van der Waals surface area contributed by atoms with Crippen molar-refractivity contribution in [3.63, 3.8) is 0 Å². The van der Waals surface area contributed by atoms with Crippen LogP contribution in [-0.2, 0) is 0 Å². The molecule has 0 saturated heterocycles. The maximum Gasteiger partial charge on any atom is 0.107 e. The van der Waals surface area contributed by atoms with Crippen LogP contribution in [0.15, 0.2) is 24.3 Å². The average molecular weight is 222 g/mol. The molecule has 0 aliphatic rings. The number of nitrogens with zero attached hydrogens (tertiary/aromatic N) is 1. The third-order valence-corrected chi connectivity index (χ3v) is 2.31. The van der Waals surface area contributed by atoms with Crippen LogP contribution in [-0.4, -0.2) is 40.7 Å². The lowest BCUT2D eigenvalue weighted by Gasteiger charge is -2.29. The topological polar surface area (TPSA) is 96.5 Å². The minimum absolute atomic E-state index is 0.406. The molecule has 86 valence electrons. The van der Waals surface area contributed by atoms with Crippen molar-refractivity contribution in [1.82, 2.24) is 0 Å². The van der Waals surface area contributed by atoms with E-state index in [1.807, 2.05) is 6.07 Å². The van der Waals surface area contributed by atoms with Crippen LogP contribution in [0.2, 0.25) is 0 Å². The van der Waals surface area contributed by atoms with E-state index in [2.05, 4.69) is 5.32 Å². The largest absolute Gasteiger partial charge is 0.394 e. The maximum atomic E-state index is 9.12. The lowest BCUT2D eigenvalue weighted by molar-refractivity contribution is 0.0834. The van der Waals surface area contributed by atoms with Crippen LogP contribution < -0.4 is 5.32 Å². The number of nitrogens with one attached hydrogen (secondary N) is 1. The molecule has 0 amide bonds. The van der Waals surface area contributed by atoms with Crippen LogP contribution in [0.4, 0.5) is 5.69 Å². The van der Waals surface area contributed by atoms with Crippen molar-refractivity contribution in [1.29, 1.82) is 5.26 Å². The number of nitriles is 1. The van der Waals surface area contributed by atoms with E-state index in [4.69, 9.17) is 20.6 Å². The van der Waals surface area contributed by atoms with Crippen molar-refractivity contribution < 1.29 is 15.3 Å². The van der Waals surface area contributed by atoms with Crippen LogP contribution in [0, 0.1) is 11.3 Å². The van der Waals surface area contributed by atoms with Crippen LogP contribution in [0.25, 0.3) is 0 Å². The number of rotatable bonds is 5. The Morgan fingerprint density at radius 2 is 1.81 bits per heavy atom. The monoisotopic (exact) mass is 222 g/mol. The first kappa shape index (κ1) is 12.5. The van der Waals surface area contributed by atoms with E-state index in [9.17, 15) is 0 Å². The van der Waals surface area contributed by atoms with E-state index < -0.39 is 25.4 Å². The summed E-state index contributed by atoms with van der Waals surface area (Å²) >= 11 is 0. The molecule has 0 spiro atoms. The van der Waals surface area contributed by atoms with E-state index >= 15 is 0 Å². The molecular weight excluding hydrogens is 208 g/mol. The zero-order valence-electron chi connectivity index (χ0n) is 8.72. The van der Waals surface area contributed by atoms with Crippen molar-refractivity contribution in [2.24, 2.45) is 0 Å². The molecule has 4 N–H and O–H groups in total. The molecule has 1 aromatic rings. The highest BCUT2D eigenvalue weighted by atomic mass is 16.3. The van der Waals surface area contributed by atoms with Crippen molar-refractivity contribution >= 4 is 5.69 Å². The minimum Gasteiger partial charge on any atom is -0.394 e. The van der Waals surface area contributed by atoms with E-state index in [0.717, 1.165) is 0 Å². The van der Waals surface area contributed by atoms with Crippen molar-refractivity contribution in [2.75, 3.05) is 25.1 Å². The first-order valence-corrected chi connectivity index (χ1v) is 4.80. The highest BCUT2D eigenvalue weighted by Gasteiger charge is 2.27. The Morgan fingerprint density at radius 3 is 2.31 bits per heavy atom. The van der Waals surface area contributed by atoms with Gasteiger partial charge in [0.25, 0.3) is 0 Å². The van der Waals surface area contributed by atoms with E-state index in [1.165, 1.54) is 0 Å². The molecule has 0 unspecified atom stereocenters. The molecule has 0 aliphatic heterocycles. The summed E-state index contributed by atoms with van der Waals surface area (Å²) in [5, 5.41) is 38.9. The Balaban J connectivity index is 2.90. The summed E-state index contributed by atoms with van der Waals surface area (Å²) in [6.45, 7) is -1.22. The normalized spacial score (nSPS) is 10.9. The fourth-order valence-corrected chi connectivity index (χ4v) is 1.24. The average Bonchev–Trinajstić information content (AvgIpc) is 2.36. The molecule has 0 atom stereocenters. The molecular formula is C11H14N2O3. The zero-order valence-corrected chi connectivity index (χ0v) is 8.72. The SMILES string of the molecule is N#Cc1cccc(NC(CO)(CO)CO)c1. The third kappa shape index (κ3) is 2.70. The number of hydrogen-bond donors (Lipinski definition) is 4. The third-order valence-electron chi connectivity index (χ3n) is 2.31. The second-order valence-corrected chi connectivity index (χ2v) is 3.57. The molecule has 0 aromatic heterocycles. The van der Waals surface area contributed by atoms with E-state index in [1.54, 1.807) is 24.3 Å². The highest BCUT2D eigenvalue weighted by Crippen LogP contribution is 2.16. The summed E-state index contributed by atoms with van der Waals surface area (Å²) in [7, 11) is 0. The molecule has 0 heterocycles. The summed E-state index contributed by atoms with van der Waals surface area (Å²) in [6.07, 6.45) is 0. The molecule has 0 fully saturated rings. The molecule has 5 nitrogen and oxygen atoms in total. The molecule has 1 aromatic carbocycles. The van der Waals surface area contributed by atoms with Gasteiger partial charge in [0.2, 0.25) is 0 Å². The van der Waals surface area contributed by atoms with Gasteiger partial charge in [-0.2, -0.15) is 5.26 Å². The van der Waals surface area contributed by atoms with Gasteiger partial charge in [-0.1, -0.05) is 6.07 Å². The molecule has 0 aliphatic carbocycles. The predicted octanol–water partition coefficient (Wildman–Crippen LogP) is -0.314. The Bertz CT molecular complexity index is 375. The summed E-state index contributed by atoms with van der Waals surface area (Å²) in [5.74, 6) is 0. The van der Waals surface area contributed by atoms with Gasteiger partial charge in [0, 0.05) is 5.69 Å². The standard InChI is InChI=1S/C11H14N2O3/c12-5-9-2-1-3-10(4-9)13-11(6-14,7-15)8-16/h1-4,13-16H,6-8H2. The molecule has 0 saturated carbocycles. The first-order valence-electron chi connectivity index (χ1n) is 4.80. The molecule has 0 radical (unpaired) electrons. The van der Waals surface area contributed by atoms with E-state index in [0.29, 0.717) is 11.3 Å². The van der Waals surface area contributed by atoms with Gasteiger partial charge in [-0.05, 0) is 18.2 Å². The Morgan fingerprint density at radius 1 is 1.19 bits per heavy atom. The second kappa shape index (κ2) is 5.47. The fourth-order valence-electron chi connectivity index (χ4n) is 1.24. The molecule has 5 heteroatoms. The quantitative estimate of drug-likeness (QED) is 0.548. The second-order valence-electron chi connectivity index (χ2n) is 3.57. The van der Waals surface area contributed by atoms with Crippen LogP contribution in [0.5, 0.6) is 0 Å². The predicted molar refractivity (Wildman–Crippen MR) is 58.8 cm³/mol.